The van der Waals surface area contributed by atoms with Gasteiger partial charge in [-0.15, -0.1) is 0 Å². The summed E-state index contributed by atoms with van der Waals surface area (Å²) < 4.78 is 39.5. The summed E-state index contributed by atoms with van der Waals surface area (Å²) in [4.78, 5) is 49.9. The Labute approximate surface area is 220 Å². The molecule has 1 aromatic heterocycles. The van der Waals surface area contributed by atoms with Crippen molar-refractivity contribution in [2.75, 3.05) is 18.9 Å². The number of hydrogen-bond acceptors (Lipinski definition) is 9. The molecule has 2 heterocycles. The van der Waals surface area contributed by atoms with E-state index >= 15 is 0 Å². The summed E-state index contributed by atoms with van der Waals surface area (Å²) in [5.41, 5.74) is 5.19. The third kappa shape index (κ3) is 7.94. The second kappa shape index (κ2) is 13.1. The lowest BCUT2D eigenvalue weighted by Gasteiger charge is -2.20. The Hall–Kier alpha value is -4.11. The molecule has 0 aliphatic carbocycles. The van der Waals surface area contributed by atoms with E-state index in [2.05, 4.69) is 15.6 Å². The van der Waals surface area contributed by atoms with Crippen molar-refractivity contribution in [1.82, 2.24) is 20.2 Å². The first-order chi connectivity index (χ1) is 18.5. The molecule has 0 bridgehead atoms. The number of aliphatic hydroxyl groups is 1. The van der Waals surface area contributed by atoms with Gasteiger partial charge in [-0.25, -0.2) is 14.4 Å². The molecule has 39 heavy (non-hydrogen) atoms. The molecule has 6 N–H and O–H groups in total. The molecule has 15 heteroatoms. The maximum absolute atomic E-state index is 14.5. The number of aromatic carboxylic acids is 1. The molecule has 0 radical (unpaired) electrons. The Morgan fingerprint density at radius 2 is 1.85 bits per heavy atom. The minimum atomic E-state index is -3.86. The summed E-state index contributed by atoms with van der Waals surface area (Å²) in [5.74, 6) is -5.23. The van der Waals surface area contributed by atoms with Crippen LogP contribution in [0.1, 0.15) is 47.8 Å². The number of alkyl carbamates (subject to hydrolysis) is 1. The van der Waals surface area contributed by atoms with Crippen LogP contribution < -0.4 is 22.1 Å². The van der Waals surface area contributed by atoms with Gasteiger partial charge in [0.25, 0.3) is 0 Å². The standard InChI is InChI=1S/C24H29F2N5O8/c25-24(26)19(33)16(39-21(24)31-11-9-17(27)30-22(31)36)13-38-23(37)28-10-3-1-2-4-18(32)29-12-14-5-7-15(8-6-14)20(34)35/h5-9,11,16,19,21,33H,1-4,10,12-13H2,(H,28,37)(H,29,32)(H,34,35)(H2,27,30,36)/t16-,19+,21-/m1/s1. The van der Waals surface area contributed by atoms with E-state index in [-0.39, 0.29) is 36.8 Å². The number of anilines is 1. The Balaban J connectivity index is 1.30. The molecule has 212 valence electrons. The normalized spacial score (nSPS) is 19.8. The molecule has 3 rings (SSSR count). The molecule has 1 saturated heterocycles. The number of aromatic nitrogens is 2. The molecule has 2 amide bonds. The van der Waals surface area contributed by atoms with E-state index in [1.807, 2.05) is 0 Å². The van der Waals surface area contributed by atoms with Crippen molar-refractivity contribution in [1.29, 1.82) is 0 Å². The van der Waals surface area contributed by atoms with Crippen LogP contribution in [-0.4, -0.2) is 69.0 Å². The number of halogens is 2. The number of carboxylic acid groups (broad SMARTS) is 1. The lowest BCUT2D eigenvalue weighted by Crippen LogP contribution is -2.42. The number of carbonyl (C=O) groups excluding carboxylic acids is 2. The monoisotopic (exact) mass is 553 g/mol. The number of nitrogens with one attached hydrogen (secondary N) is 2. The van der Waals surface area contributed by atoms with E-state index in [4.69, 9.17) is 20.3 Å². The SMILES string of the molecule is Nc1ccn([C@@H]2O[C@H](COC(=O)NCCCCCC(=O)NCc3ccc(C(=O)O)cc3)[C@H](O)C2(F)F)c(=O)n1. The van der Waals surface area contributed by atoms with Crippen LogP contribution in [0.5, 0.6) is 0 Å². The van der Waals surface area contributed by atoms with E-state index in [0.717, 1.165) is 17.8 Å². The molecule has 3 atom stereocenters. The third-order valence-electron chi connectivity index (χ3n) is 5.90. The number of aliphatic hydroxyl groups excluding tert-OH is 1. The highest BCUT2D eigenvalue weighted by Crippen LogP contribution is 2.42. The van der Waals surface area contributed by atoms with Gasteiger partial charge in [0.15, 0.2) is 6.10 Å². The van der Waals surface area contributed by atoms with Crippen LogP contribution in [0.2, 0.25) is 0 Å². The summed E-state index contributed by atoms with van der Waals surface area (Å²) in [5, 5.41) is 24.0. The molecule has 1 aromatic carbocycles. The Bertz CT molecular complexity index is 1220. The minimum Gasteiger partial charge on any atom is -0.478 e. The zero-order chi connectivity index (χ0) is 28.6. The lowest BCUT2D eigenvalue weighted by molar-refractivity contribution is -0.140. The van der Waals surface area contributed by atoms with Gasteiger partial charge in [0.2, 0.25) is 12.1 Å². The quantitative estimate of drug-likeness (QED) is 0.237. The van der Waals surface area contributed by atoms with Crippen LogP contribution in [0.3, 0.4) is 0 Å². The highest BCUT2D eigenvalue weighted by molar-refractivity contribution is 5.87. The Morgan fingerprint density at radius 3 is 2.51 bits per heavy atom. The minimum absolute atomic E-state index is 0.160. The molecule has 13 nitrogen and oxygen atoms in total. The van der Waals surface area contributed by atoms with Gasteiger partial charge in [-0.1, -0.05) is 18.6 Å². The van der Waals surface area contributed by atoms with Gasteiger partial charge in [0.1, 0.15) is 18.5 Å². The number of alkyl halides is 2. The van der Waals surface area contributed by atoms with Gasteiger partial charge in [-0.05, 0) is 36.6 Å². The summed E-state index contributed by atoms with van der Waals surface area (Å²) in [6.07, 6.45) is -4.07. The largest absolute Gasteiger partial charge is 0.478 e. The second-order valence-corrected chi connectivity index (χ2v) is 8.80. The second-order valence-electron chi connectivity index (χ2n) is 8.80. The van der Waals surface area contributed by atoms with E-state index in [1.54, 1.807) is 12.1 Å². The number of carboxylic acids is 1. The zero-order valence-electron chi connectivity index (χ0n) is 20.7. The van der Waals surface area contributed by atoms with Gasteiger partial charge >= 0.3 is 23.7 Å². The number of hydrogen-bond donors (Lipinski definition) is 5. The Kier molecular flexibility index (Phi) is 9.89. The van der Waals surface area contributed by atoms with Crippen LogP contribution in [0, 0.1) is 0 Å². The van der Waals surface area contributed by atoms with Gasteiger partial charge < -0.3 is 36.1 Å². The fraction of sp³-hybridized carbons (Fsp3) is 0.458. The summed E-state index contributed by atoms with van der Waals surface area (Å²) in [6, 6.07) is 7.28. The van der Waals surface area contributed by atoms with Crippen LogP contribution in [-0.2, 0) is 20.8 Å². The van der Waals surface area contributed by atoms with Gasteiger partial charge in [0.05, 0.1) is 5.56 Å². The topological polar surface area (TPSA) is 195 Å². The van der Waals surface area contributed by atoms with Crippen molar-refractivity contribution >= 4 is 23.8 Å². The number of nitrogens with two attached hydrogens (primary N) is 1. The van der Waals surface area contributed by atoms with Gasteiger partial charge in [0, 0.05) is 25.7 Å². The average Bonchev–Trinajstić information content (AvgIpc) is 3.11. The van der Waals surface area contributed by atoms with E-state index in [0.29, 0.717) is 23.8 Å². The zero-order valence-corrected chi connectivity index (χ0v) is 20.7. The average molecular weight is 554 g/mol. The van der Waals surface area contributed by atoms with Crippen molar-refractivity contribution in [3.63, 3.8) is 0 Å². The number of amides is 2. The van der Waals surface area contributed by atoms with E-state index < -0.39 is 48.7 Å². The van der Waals surface area contributed by atoms with Crippen molar-refractivity contribution in [2.45, 2.75) is 56.6 Å². The molecule has 1 fully saturated rings. The first-order valence-electron chi connectivity index (χ1n) is 12.0. The van der Waals surface area contributed by atoms with Crippen molar-refractivity contribution in [3.8, 4) is 0 Å². The summed E-state index contributed by atoms with van der Waals surface area (Å²) in [7, 11) is 0. The molecule has 1 aliphatic heterocycles. The van der Waals surface area contributed by atoms with Crippen LogP contribution in [0.15, 0.2) is 41.3 Å². The summed E-state index contributed by atoms with van der Waals surface area (Å²) in [6.45, 7) is -0.211. The van der Waals surface area contributed by atoms with Crippen LogP contribution in [0.4, 0.5) is 19.4 Å². The number of benzene rings is 1. The number of nitrogens with zero attached hydrogens (tertiary/aromatic N) is 2. The highest BCUT2D eigenvalue weighted by Gasteiger charge is 2.60. The first kappa shape index (κ1) is 29.4. The molecule has 1 aliphatic rings. The number of unbranched alkanes of at least 4 members (excludes halogenated alkanes) is 2. The number of nitrogen functional groups attached to an aromatic ring is 1. The highest BCUT2D eigenvalue weighted by atomic mass is 19.3. The number of ether oxygens (including phenoxy) is 2. The van der Waals surface area contributed by atoms with Gasteiger partial charge in [-0.3, -0.25) is 9.36 Å². The van der Waals surface area contributed by atoms with Crippen molar-refractivity contribution < 1.29 is 42.9 Å². The number of rotatable bonds is 12. The predicted octanol–water partition coefficient (Wildman–Crippen LogP) is 1.02. The fourth-order valence-corrected chi connectivity index (χ4v) is 3.75. The predicted molar refractivity (Wildman–Crippen MR) is 131 cm³/mol. The van der Waals surface area contributed by atoms with E-state index in [9.17, 15) is 33.1 Å². The molecule has 0 saturated carbocycles. The maximum atomic E-state index is 14.5. The third-order valence-corrected chi connectivity index (χ3v) is 5.90. The van der Waals surface area contributed by atoms with Crippen molar-refractivity contribution in [2.24, 2.45) is 0 Å². The molecule has 0 unspecified atom stereocenters. The summed E-state index contributed by atoms with van der Waals surface area (Å²) >= 11 is 0. The van der Waals surface area contributed by atoms with Crippen LogP contribution in [0.25, 0.3) is 0 Å². The van der Waals surface area contributed by atoms with E-state index in [1.165, 1.54) is 12.1 Å². The smallest absolute Gasteiger partial charge is 0.407 e. The molecular formula is C24H29F2N5O8. The number of carbonyl (C=O) groups is 3. The van der Waals surface area contributed by atoms with Crippen molar-refractivity contribution in [3.05, 3.63) is 58.1 Å². The molecule has 0 spiro atoms. The molecular weight excluding hydrogens is 524 g/mol. The lowest BCUT2D eigenvalue weighted by atomic mass is 10.1. The fourth-order valence-electron chi connectivity index (χ4n) is 3.75. The maximum Gasteiger partial charge on any atom is 0.407 e. The molecule has 2 aromatic rings. The van der Waals surface area contributed by atoms with Gasteiger partial charge in [-0.2, -0.15) is 13.8 Å². The van der Waals surface area contributed by atoms with Crippen LogP contribution >= 0.6 is 0 Å². The Morgan fingerprint density at radius 1 is 1.13 bits per heavy atom. The first-order valence-corrected chi connectivity index (χ1v) is 12.0.